The maximum absolute atomic E-state index is 12.7. The van der Waals surface area contributed by atoms with E-state index in [0.717, 1.165) is 38.5 Å². The van der Waals surface area contributed by atoms with Crippen molar-refractivity contribution in [2.45, 2.75) is 225 Å². The van der Waals surface area contributed by atoms with Crippen molar-refractivity contribution >= 4 is 17.9 Å². The highest BCUT2D eigenvalue weighted by atomic mass is 16.6. The Hall–Kier alpha value is -2.19. The van der Waals surface area contributed by atoms with Gasteiger partial charge in [0.2, 0.25) is 0 Å². The Balaban J connectivity index is 4.26. The number of hydrogen-bond acceptors (Lipinski definition) is 7. The average molecular weight is 792 g/mol. The predicted molar refractivity (Wildman–Crippen MR) is 231 cm³/mol. The molecule has 0 heterocycles. The first-order chi connectivity index (χ1) is 27.1. The topological polar surface area (TPSA) is 102 Å². The van der Waals surface area contributed by atoms with E-state index in [4.69, 9.17) is 14.2 Å². The van der Waals surface area contributed by atoms with Gasteiger partial charge in [0.05, 0.1) is 40.3 Å². The molecule has 0 aromatic rings. The standard InChI is InChI=1S/C48H89NO7/c1-6-8-10-12-14-16-18-20-21-22-23-24-25-26-27-29-31-33-35-37-39-47(51)56-44(42-54-41-40-45(48(52)53)49(3,4)5)43-55-46(50)38-36-34-32-30-28-19-17-15-13-11-9-7-2/h16,18,20-21,44-45H,6-15,17,19,22-43H2,1-5H3/b18-16+,21-20+. The molecular weight excluding hydrogens is 703 g/mol. The van der Waals surface area contributed by atoms with Crippen LogP contribution >= 0.6 is 0 Å². The number of aliphatic carboxylic acids is 1. The number of ether oxygens (including phenoxy) is 3. The summed E-state index contributed by atoms with van der Waals surface area (Å²) in [4.78, 5) is 36.9. The van der Waals surface area contributed by atoms with E-state index in [0.29, 0.717) is 12.8 Å². The Morgan fingerprint density at radius 3 is 1.36 bits per heavy atom. The Bertz CT molecular complexity index is 973. The Labute approximate surface area is 345 Å². The van der Waals surface area contributed by atoms with Gasteiger partial charge in [-0.15, -0.1) is 0 Å². The number of carboxylic acid groups (broad SMARTS) is 1. The third-order valence-electron chi connectivity index (χ3n) is 10.6. The molecule has 0 fully saturated rings. The van der Waals surface area contributed by atoms with Gasteiger partial charge in [0.15, 0.2) is 6.10 Å². The fourth-order valence-electron chi connectivity index (χ4n) is 6.94. The van der Waals surface area contributed by atoms with Crippen LogP contribution in [0.15, 0.2) is 24.3 Å². The first-order valence-corrected chi connectivity index (χ1v) is 23.4. The first kappa shape index (κ1) is 53.8. The quantitative estimate of drug-likeness (QED) is 0.0262. The summed E-state index contributed by atoms with van der Waals surface area (Å²) in [6.07, 6.45) is 43.4. The summed E-state index contributed by atoms with van der Waals surface area (Å²) in [6, 6.07) is -0.723. The molecule has 8 heteroatoms. The lowest BCUT2D eigenvalue weighted by atomic mass is 10.0. The summed E-state index contributed by atoms with van der Waals surface area (Å²) in [5.41, 5.74) is 0. The SMILES string of the molecule is CCCCCC/C=C/C=C/CCCCCCCCCCCCC(=O)OC(COCCC(C(=O)[O-])[N+](C)(C)C)COC(=O)CCCCCCCCCCCCCC. The number of carboxylic acids is 1. The lowest BCUT2D eigenvalue weighted by molar-refractivity contribution is -0.889. The van der Waals surface area contributed by atoms with Crippen LogP contribution in [0, 0.1) is 0 Å². The number of carbonyl (C=O) groups excluding carboxylic acids is 3. The van der Waals surface area contributed by atoms with Crippen LogP contribution in [0.5, 0.6) is 0 Å². The third kappa shape index (κ3) is 37.4. The van der Waals surface area contributed by atoms with Crippen molar-refractivity contribution < 1.29 is 38.2 Å². The molecular formula is C48H89NO7. The van der Waals surface area contributed by atoms with Gasteiger partial charge in [-0.25, -0.2) is 0 Å². The molecule has 0 bridgehead atoms. The lowest BCUT2D eigenvalue weighted by Gasteiger charge is -2.34. The van der Waals surface area contributed by atoms with E-state index < -0.39 is 18.1 Å². The van der Waals surface area contributed by atoms with Gasteiger partial charge in [0.1, 0.15) is 12.6 Å². The van der Waals surface area contributed by atoms with Gasteiger partial charge < -0.3 is 28.6 Å². The van der Waals surface area contributed by atoms with Crippen LogP contribution in [-0.2, 0) is 28.6 Å². The highest BCUT2D eigenvalue weighted by Gasteiger charge is 2.25. The van der Waals surface area contributed by atoms with Gasteiger partial charge >= 0.3 is 11.9 Å². The summed E-state index contributed by atoms with van der Waals surface area (Å²) >= 11 is 0. The summed E-state index contributed by atoms with van der Waals surface area (Å²) < 4.78 is 17.2. The molecule has 56 heavy (non-hydrogen) atoms. The van der Waals surface area contributed by atoms with Crippen LogP contribution in [0.3, 0.4) is 0 Å². The number of esters is 2. The normalized spacial score (nSPS) is 13.1. The molecule has 0 radical (unpaired) electrons. The molecule has 0 aromatic carbocycles. The Morgan fingerprint density at radius 2 is 0.929 bits per heavy atom. The van der Waals surface area contributed by atoms with Crippen molar-refractivity contribution in [3.8, 4) is 0 Å². The number of likely N-dealkylation sites (N-methyl/N-ethyl adjacent to an activating group) is 1. The Morgan fingerprint density at radius 1 is 0.536 bits per heavy atom. The van der Waals surface area contributed by atoms with Gasteiger partial charge in [0.25, 0.3) is 0 Å². The molecule has 0 aromatic heterocycles. The largest absolute Gasteiger partial charge is 0.544 e. The number of allylic oxidation sites excluding steroid dienone is 4. The monoisotopic (exact) mass is 792 g/mol. The fourth-order valence-corrected chi connectivity index (χ4v) is 6.94. The zero-order valence-electron chi connectivity index (χ0n) is 37.3. The summed E-state index contributed by atoms with van der Waals surface area (Å²) in [6.45, 7) is 4.66. The summed E-state index contributed by atoms with van der Waals surface area (Å²) in [5.74, 6) is -1.73. The van der Waals surface area contributed by atoms with E-state index >= 15 is 0 Å². The lowest BCUT2D eigenvalue weighted by Crippen LogP contribution is -2.55. The predicted octanol–water partition coefficient (Wildman–Crippen LogP) is 11.5. The highest BCUT2D eigenvalue weighted by molar-refractivity contribution is 5.70. The van der Waals surface area contributed by atoms with Gasteiger partial charge in [-0.3, -0.25) is 9.59 Å². The van der Waals surface area contributed by atoms with E-state index in [1.807, 2.05) is 0 Å². The maximum atomic E-state index is 12.7. The van der Waals surface area contributed by atoms with Crippen molar-refractivity contribution in [3.05, 3.63) is 24.3 Å². The van der Waals surface area contributed by atoms with E-state index in [-0.39, 0.29) is 42.7 Å². The number of quaternary nitrogens is 1. The second kappa shape index (κ2) is 39.6. The van der Waals surface area contributed by atoms with Crippen molar-refractivity contribution in [1.82, 2.24) is 0 Å². The second-order valence-corrected chi connectivity index (χ2v) is 17.0. The summed E-state index contributed by atoms with van der Waals surface area (Å²) in [5, 5.41) is 11.6. The molecule has 0 N–H and O–H groups in total. The molecule has 0 amide bonds. The molecule has 0 spiro atoms. The van der Waals surface area contributed by atoms with Gasteiger partial charge in [-0.2, -0.15) is 0 Å². The smallest absolute Gasteiger partial charge is 0.306 e. The van der Waals surface area contributed by atoms with Crippen molar-refractivity contribution in [1.29, 1.82) is 0 Å². The molecule has 0 aliphatic heterocycles. The molecule has 2 atom stereocenters. The minimum atomic E-state index is -1.12. The molecule has 0 rings (SSSR count). The third-order valence-corrected chi connectivity index (χ3v) is 10.6. The fraction of sp³-hybridized carbons (Fsp3) is 0.854. The van der Waals surface area contributed by atoms with Crippen molar-refractivity contribution in [2.24, 2.45) is 0 Å². The minimum Gasteiger partial charge on any atom is -0.544 e. The average Bonchev–Trinajstić information content (AvgIpc) is 3.15. The van der Waals surface area contributed by atoms with Crippen LogP contribution in [0.1, 0.15) is 213 Å². The van der Waals surface area contributed by atoms with Crippen molar-refractivity contribution in [3.63, 3.8) is 0 Å². The van der Waals surface area contributed by atoms with E-state index in [9.17, 15) is 19.5 Å². The zero-order valence-corrected chi connectivity index (χ0v) is 37.3. The van der Waals surface area contributed by atoms with Crippen LogP contribution in [0.2, 0.25) is 0 Å². The summed E-state index contributed by atoms with van der Waals surface area (Å²) in [7, 11) is 5.41. The van der Waals surface area contributed by atoms with Gasteiger partial charge in [0, 0.05) is 19.3 Å². The van der Waals surface area contributed by atoms with E-state index in [1.165, 1.54) is 141 Å². The minimum absolute atomic E-state index is 0.0435. The van der Waals surface area contributed by atoms with Crippen LogP contribution < -0.4 is 5.11 Å². The highest BCUT2D eigenvalue weighted by Crippen LogP contribution is 2.15. The maximum Gasteiger partial charge on any atom is 0.306 e. The number of carbonyl (C=O) groups is 3. The molecule has 328 valence electrons. The van der Waals surface area contributed by atoms with Crippen LogP contribution in [-0.4, -0.2) is 75.5 Å². The molecule has 8 nitrogen and oxygen atoms in total. The number of rotatable bonds is 42. The van der Waals surface area contributed by atoms with Crippen LogP contribution in [0.25, 0.3) is 0 Å². The van der Waals surface area contributed by atoms with Crippen LogP contribution in [0.4, 0.5) is 0 Å². The molecule has 0 aliphatic carbocycles. The number of hydrogen-bond donors (Lipinski definition) is 0. The second-order valence-electron chi connectivity index (χ2n) is 17.0. The molecule has 0 saturated heterocycles. The van der Waals surface area contributed by atoms with Gasteiger partial charge in [-0.1, -0.05) is 179 Å². The number of unbranched alkanes of at least 4 members (excludes halogenated alkanes) is 25. The van der Waals surface area contributed by atoms with Gasteiger partial charge in [-0.05, 0) is 38.5 Å². The van der Waals surface area contributed by atoms with E-state index in [2.05, 4.69) is 38.2 Å². The molecule has 2 unspecified atom stereocenters. The molecule has 0 saturated carbocycles. The zero-order chi connectivity index (χ0) is 41.4. The number of nitrogens with zero attached hydrogens (tertiary/aromatic N) is 1. The van der Waals surface area contributed by atoms with Crippen molar-refractivity contribution in [2.75, 3.05) is 41.0 Å². The van der Waals surface area contributed by atoms with E-state index in [1.54, 1.807) is 21.1 Å². The molecule has 0 aliphatic rings. The Kier molecular flexibility index (Phi) is 38.1. The first-order valence-electron chi connectivity index (χ1n) is 23.4.